The van der Waals surface area contributed by atoms with Gasteiger partial charge in [-0.3, -0.25) is 14.4 Å². The molecule has 2 atom stereocenters. The lowest BCUT2D eigenvalue weighted by Crippen LogP contribution is -2.31. The summed E-state index contributed by atoms with van der Waals surface area (Å²) < 4.78 is 16.5. The van der Waals surface area contributed by atoms with Gasteiger partial charge in [0, 0.05) is 19.3 Å². The molecule has 0 spiro atoms. The number of nitriles is 1. The van der Waals surface area contributed by atoms with Gasteiger partial charge in [-0.1, -0.05) is 225 Å². The highest BCUT2D eigenvalue weighted by molar-refractivity contribution is 8.47. The zero-order chi connectivity index (χ0) is 42.8. The minimum absolute atomic E-state index is 0.0231. The van der Waals surface area contributed by atoms with E-state index in [-0.39, 0.29) is 44.4 Å². The van der Waals surface area contributed by atoms with Gasteiger partial charge >= 0.3 is 17.9 Å². The molecule has 0 N–H and O–H groups in total. The molecule has 0 radical (unpaired) electrons. The molecular formula is C48H87NO6S3. The molecule has 0 fully saturated rings. The average Bonchev–Trinajstić information content (AvgIpc) is 3.21. The number of carbonyl (C=O) groups excluding carboxylic acids is 3. The molecule has 0 saturated carbocycles. The SMILES string of the molecule is CCCCCCCCCCCCCCCCCC(=O)OC[C@H](COC(=O)CCC(C)(C#N)SC(=S)SCC)OC(=O)CCCCCCCCCCCCCCCCC. The van der Waals surface area contributed by atoms with Crippen molar-refractivity contribution < 1.29 is 28.6 Å². The lowest BCUT2D eigenvalue weighted by molar-refractivity contribution is -0.167. The summed E-state index contributed by atoms with van der Waals surface area (Å²) in [5, 5.41) is 9.74. The van der Waals surface area contributed by atoms with Crippen molar-refractivity contribution >= 4 is 57.2 Å². The summed E-state index contributed by atoms with van der Waals surface area (Å²) in [4.78, 5) is 38.1. The molecule has 0 rings (SSSR count). The smallest absolute Gasteiger partial charge is 0.306 e. The van der Waals surface area contributed by atoms with E-state index >= 15 is 0 Å². The van der Waals surface area contributed by atoms with Crippen molar-refractivity contribution in [2.24, 2.45) is 0 Å². The zero-order valence-electron chi connectivity index (χ0n) is 37.9. The van der Waals surface area contributed by atoms with E-state index in [1.54, 1.807) is 6.92 Å². The Balaban J connectivity index is 4.50. The molecule has 0 aromatic rings. The fourth-order valence-corrected chi connectivity index (χ4v) is 9.86. The standard InChI is InChI=1S/C48H87NO6S3/c1-5-8-10-12-14-16-18-20-22-24-26-28-30-32-34-36-44(50)53-40-43(41-54-45(51)38-39-48(4,42-49)58-47(56)57-7-3)55-46(52)37-35-33-31-29-27-25-23-21-19-17-15-13-11-9-6-2/h43H,5-41H2,1-4H3/t43-,48?/m1/s1. The van der Waals surface area contributed by atoms with E-state index in [0.29, 0.717) is 9.95 Å². The normalized spacial score (nSPS) is 12.7. The minimum atomic E-state index is -0.872. The van der Waals surface area contributed by atoms with Crippen LogP contribution in [0.5, 0.6) is 0 Å². The van der Waals surface area contributed by atoms with E-state index < -0.39 is 16.8 Å². The first-order chi connectivity index (χ1) is 28.2. The van der Waals surface area contributed by atoms with Gasteiger partial charge < -0.3 is 14.2 Å². The highest BCUT2D eigenvalue weighted by Crippen LogP contribution is 2.34. The predicted molar refractivity (Wildman–Crippen MR) is 252 cm³/mol. The van der Waals surface area contributed by atoms with Gasteiger partial charge in [0.05, 0.1) is 6.07 Å². The van der Waals surface area contributed by atoms with E-state index in [9.17, 15) is 19.6 Å². The molecule has 0 bridgehead atoms. The molecule has 10 heteroatoms. The number of hydrogen-bond donors (Lipinski definition) is 0. The summed E-state index contributed by atoms with van der Waals surface area (Å²) in [5.74, 6) is -0.376. The number of nitrogens with zero attached hydrogens (tertiary/aromatic N) is 1. The van der Waals surface area contributed by atoms with Crippen LogP contribution in [0.15, 0.2) is 0 Å². The van der Waals surface area contributed by atoms with Crippen LogP contribution in [0.25, 0.3) is 0 Å². The van der Waals surface area contributed by atoms with Gasteiger partial charge in [-0.25, -0.2) is 0 Å². The summed E-state index contributed by atoms with van der Waals surface area (Å²) in [7, 11) is 0. The second-order valence-electron chi connectivity index (χ2n) is 16.5. The predicted octanol–water partition coefficient (Wildman–Crippen LogP) is 15.3. The van der Waals surface area contributed by atoms with Crippen LogP contribution in [0.3, 0.4) is 0 Å². The highest BCUT2D eigenvalue weighted by atomic mass is 32.2. The number of thiocarbonyl (C=S) groups is 1. The van der Waals surface area contributed by atoms with Crippen LogP contribution in [0.2, 0.25) is 0 Å². The number of hydrogen-bond acceptors (Lipinski definition) is 10. The average molecular weight is 870 g/mol. The third kappa shape index (κ3) is 38.9. The molecule has 1 unspecified atom stereocenters. The summed E-state index contributed by atoms with van der Waals surface area (Å²) in [5.41, 5.74) is 0. The van der Waals surface area contributed by atoms with Crippen molar-refractivity contribution in [3.05, 3.63) is 0 Å². The van der Waals surface area contributed by atoms with Gasteiger partial charge in [-0.05, 0) is 31.9 Å². The van der Waals surface area contributed by atoms with Crippen LogP contribution in [-0.2, 0) is 28.6 Å². The number of unbranched alkanes of at least 4 members (excludes halogenated alkanes) is 28. The molecule has 0 aromatic heterocycles. The minimum Gasteiger partial charge on any atom is -0.462 e. The quantitative estimate of drug-likeness (QED) is 0.0255. The Labute approximate surface area is 371 Å². The maximum atomic E-state index is 12.8. The lowest BCUT2D eigenvalue weighted by Gasteiger charge is -2.21. The molecular weight excluding hydrogens is 783 g/mol. The van der Waals surface area contributed by atoms with Crippen molar-refractivity contribution in [3.8, 4) is 6.07 Å². The van der Waals surface area contributed by atoms with Gasteiger partial charge in [-0.2, -0.15) is 5.26 Å². The molecule has 58 heavy (non-hydrogen) atoms. The Morgan fingerprint density at radius 3 is 1.21 bits per heavy atom. The fourth-order valence-electron chi connectivity index (χ4n) is 6.96. The van der Waals surface area contributed by atoms with Crippen LogP contribution in [0.1, 0.15) is 246 Å². The maximum absolute atomic E-state index is 12.8. The Morgan fingerprint density at radius 1 is 0.534 bits per heavy atom. The summed E-state index contributed by atoms with van der Waals surface area (Å²) >= 11 is 8.16. The molecule has 0 aliphatic rings. The van der Waals surface area contributed by atoms with Crippen molar-refractivity contribution in [2.45, 2.75) is 257 Å². The number of thioether (sulfide) groups is 2. The van der Waals surface area contributed by atoms with Gasteiger partial charge in [0.25, 0.3) is 0 Å². The third-order valence-corrected chi connectivity index (χ3v) is 13.4. The van der Waals surface area contributed by atoms with E-state index in [0.717, 1.165) is 44.3 Å². The largest absolute Gasteiger partial charge is 0.462 e. The van der Waals surface area contributed by atoms with Gasteiger partial charge in [0.1, 0.15) is 21.5 Å². The number of rotatable bonds is 42. The van der Waals surface area contributed by atoms with Crippen molar-refractivity contribution in [3.63, 3.8) is 0 Å². The molecule has 0 aromatic carbocycles. The molecule has 338 valence electrons. The first kappa shape index (κ1) is 56.7. The first-order valence-corrected chi connectivity index (χ1v) is 26.2. The summed E-state index contributed by atoms with van der Waals surface area (Å²) in [6.45, 7) is 7.95. The number of carbonyl (C=O) groups is 3. The zero-order valence-corrected chi connectivity index (χ0v) is 40.3. The molecule has 0 amide bonds. The van der Waals surface area contributed by atoms with Gasteiger partial charge in [0.15, 0.2) is 6.10 Å². The molecule has 0 heterocycles. The summed E-state index contributed by atoms with van der Waals surface area (Å²) in [6.07, 6.45) is 37.7. The Morgan fingerprint density at radius 2 is 0.862 bits per heavy atom. The highest BCUT2D eigenvalue weighted by Gasteiger charge is 2.28. The van der Waals surface area contributed by atoms with E-state index in [2.05, 4.69) is 19.9 Å². The fraction of sp³-hybridized carbons (Fsp3) is 0.896. The van der Waals surface area contributed by atoms with E-state index in [4.69, 9.17) is 26.4 Å². The second-order valence-corrected chi connectivity index (χ2v) is 20.5. The van der Waals surface area contributed by atoms with Crippen molar-refractivity contribution in [2.75, 3.05) is 19.0 Å². The van der Waals surface area contributed by atoms with Crippen molar-refractivity contribution in [1.82, 2.24) is 0 Å². The molecule has 0 aliphatic heterocycles. The van der Waals surface area contributed by atoms with Gasteiger partial charge in [-0.15, -0.1) is 11.8 Å². The molecule has 0 aliphatic carbocycles. The van der Waals surface area contributed by atoms with Crippen LogP contribution in [0, 0.1) is 11.3 Å². The topological polar surface area (TPSA) is 103 Å². The monoisotopic (exact) mass is 870 g/mol. The Hall–Kier alpha value is -1.31. The Kier molecular flexibility index (Phi) is 41.4. The van der Waals surface area contributed by atoms with Crippen molar-refractivity contribution in [1.29, 1.82) is 5.26 Å². The molecule has 0 saturated heterocycles. The molecule has 7 nitrogen and oxygen atoms in total. The van der Waals surface area contributed by atoms with Gasteiger partial charge in [0.2, 0.25) is 0 Å². The van der Waals surface area contributed by atoms with E-state index in [1.165, 1.54) is 178 Å². The summed E-state index contributed by atoms with van der Waals surface area (Å²) in [6, 6.07) is 2.28. The maximum Gasteiger partial charge on any atom is 0.306 e. The van der Waals surface area contributed by atoms with Crippen LogP contribution >= 0.6 is 35.7 Å². The van der Waals surface area contributed by atoms with Crippen LogP contribution < -0.4 is 0 Å². The number of ether oxygens (including phenoxy) is 3. The third-order valence-electron chi connectivity index (χ3n) is 10.7. The Bertz CT molecular complexity index is 1050. The lowest BCUT2D eigenvalue weighted by atomic mass is 10.0. The number of esters is 3. The van der Waals surface area contributed by atoms with Crippen LogP contribution in [0.4, 0.5) is 0 Å². The van der Waals surface area contributed by atoms with E-state index in [1.807, 2.05) is 6.92 Å². The first-order valence-electron chi connectivity index (χ1n) is 24.0. The second kappa shape index (κ2) is 42.4. The van der Waals surface area contributed by atoms with Crippen LogP contribution in [-0.4, -0.2) is 51.3 Å².